The molecule has 2 rings (SSSR count). The lowest BCUT2D eigenvalue weighted by Crippen LogP contribution is -2.45. The first-order chi connectivity index (χ1) is 8.75. The summed E-state index contributed by atoms with van der Waals surface area (Å²) < 4.78 is 0. The first-order valence-electron chi connectivity index (χ1n) is 6.93. The van der Waals surface area contributed by atoms with Gasteiger partial charge in [-0.3, -0.25) is 0 Å². The van der Waals surface area contributed by atoms with Crippen molar-refractivity contribution >= 4 is 11.3 Å². The van der Waals surface area contributed by atoms with Crippen LogP contribution in [0.3, 0.4) is 0 Å². The Balaban J connectivity index is 1.56. The van der Waals surface area contributed by atoms with Gasteiger partial charge in [-0.25, -0.2) is 0 Å². The van der Waals surface area contributed by atoms with Gasteiger partial charge in [0.15, 0.2) is 0 Å². The summed E-state index contributed by atoms with van der Waals surface area (Å²) in [5.74, 6) is 0. The minimum Gasteiger partial charge on any atom is -0.309 e. The Morgan fingerprint density at radius 2 is 2.11 bits per heavy atom. The van der Waals surface area contributed by atoms with Gasteiger partial charge in [-0.1, -0.05) is 6.07 Å². The van der Waals surface area contributed by atoms with Crippen molar-refractivity contribution in [3.8, 4) is 0 Å². The lowest BCUT2D eigenvalue weighted by molar-refractivity contribution is 0.152. The van der Waals surface area contributed by atoms with Crippen molar-refractivity contribution in [2.24, 2.45) is 0 Å². The molecule has 1 saturated heterocycles. The van der Waals surface area contributed by atoms with Gasteiger partial charge >= 0.3 is 0 Å². The maximum Gasteiger partial charge on any atom is 0.0386 e. The summed E-state index contributed by atoms with van der Waals surface area (Å²) in [7, 11) is 2.21. The van der Waals surface area contributed by atoms with E-state index in [2.05, 4.69) is 46.6 Å². The molecule has 1 aromatic rings. The van der Waals surface area contributed by atoms with E-state index in [-0.39, 0.29) is 0 Å². The highest BCUT2D eigenvalue weighted by Gasteiger charge is 2.13. The Bertz CT molecular complexity index is 318. The average Bonchev–Trinajstić information content (AvgIpc) is 2.90. The van der Waals surface area contributed by atoms with E-state index in [1.54, 1.807) is 0 Å². The molecule has 18 heavy (non-hydrogen) atoms. The molecule has 3 nitrogen and oxygen atoms in total. The van der Waals surface area contributed by atoms with E-state index in [1.807, 2.05) is 11.3 Å². The highest BCUT2D eigenvalue weighted by molar-refractivity contribution is 7.10. The second-order valence-electron chi connectivity index (χ2n) is 5.19. The second kappa shape index (κ2) is 7.24. The van der Waals surface area contributed by atoms with E-state index in [0.29, 0.717) is 6.04 Å². The van der Waals surface area contributed by atoms with Gasteiger partial charge < -0.3 is 15.1 Å². The third-order valence-electron chi connectivity index (χ3n) is 3.67. The van der Waals surface area contributed by atoms with Crippen molar-refractivity contribution in [2.45, 2.75) is 19.4 Å². The maximum atomic E-state index is 3.61. The van der Waals surface area contributed by atoms with Crippen LogP contribution in [0, 0.1) is 0 Å². The molecular weight excluding hydrogens is 242 g/mol. The monoisotopic (exact) mass is 267 g/mol. The molecule has 0 aromatic carbocycles. The Morgan fingerprint density at radius 3 is 2.78 bits per heavy atom. The van der Waals surface area contributed by atoms with Crippen LogP contribution in [0.1, 0.15) is 24.3 Å². The van der Waals surface area contributed by atoms with Crippen molar-refractivity contribution in [3.63, 3.8) is 0 Å². The molecule has 0 amide bonds. The van der Waals surface area contributed by atoms with Gasteiger partial charge in [-0.15, -0.1) is 11.3 Å². The normalized spacial score (nSPS) is 20.1. The number of nitrogens with one attached hydrogen (secondary N) is 1. The van der Waals surface area contributed by atoms with Crippen LogP contribution in [0.4, 0.5) is 0 Å². The summed E-state index contributed by atoms with van der Waals surface area (Å²) in [6, 6.07) is 4.84. The minimum absolute atomic E-state index is 0.498. The molecule has 0 radical (unpaired) electrons. The van der Waals surface area contributed by atoms with E-state index in [0.717, 1.165) is 6.54 Å². The molecule has 1 atom stereocenters. The van der Waals surface area contributed by atoms with Gasteiger partial charge in [0.05, 0.1) is 0 Å². The molecule has 0 saturated carbocycles. The molecule has 1 aliphatic rings. The van der Waals surface area contributed by atoms with Crippen molar-refractivity contribution < 1.29 is 0 Å². The molecule has 2 heterocycles. The van der Waals surface area contributed by atoms with Crippen LogP contribution >= 0.6 is 11.3 Å². The molecule has 1 aromatic heterocycles. The summed E-state index contributed by atoms with van der Waals surface area (Å²) in [5.41, 5.74) is 0. The highest BCUT2D eigenvalue weighted by atomic mass is 32.1. The Hall–Kier alpha value is -0.420. The smallest absolute Gasteiger partial charge is 0.0386 e. The van der Waals surface area contributed by atoms with Gasteiger partial charge in [0, 0.05) is 37.1 Å². The van der Waals surface area contributed by atoms with Crippen LogP contribution < -0.4 is 5.32 Å². The van der Waals surface area contributed by atoms with Crippen molar-refractivity contribution in [1.29, 1.82) is 0 Å². The highest BCUT2D eigenvalue weighted by Crippen LogP contribution is 2.17. The Labute approximate surface area is 115 Å². The van der Waals surface area contributed by atoms with Crippen LogP contribution in [0.5, 0.6) is 0 Å². The predicted molar refractivity (Wildman–Crippen MR) is 79.3 cm³/mol. The summed E-state index contributed by atoms with van der Waals surface area (Å²) in [6.07, 6.45) is 1.25. The van der Waals surface area contributed by atoms with Crippen molar-refractivity contribution in [1.82, 2.24) is 15.1 Å². The zero-order chi connectivity index (χ0) is 12.8. The van der Waals surface area contributed by atoms with Crippen LogP contribution in [-0.2, 0) is 0 Å². The molecule has 0 bridgehead atoms. The number of hydrogen-bond acceptors (Lipinski definition) is 4. The predicted octanol–water partition coefficient (Wildman–Crippen LogP) is 2.04. The molecular formula is C14H25N3S. The topological polar surface area (TPSA) is 18.5 Å². The summed E-state index contributed by atoms with van der Waals surface area (Å²) in [5, 5.41) is 5.76. The van der Waals surface area contributed by atoms with Gasteiger partial charge in [0.2, 0.25) is 0 Å². The fraction of sp³-hybridized carbons (Fsp3) is 0.714. The van der Waals surface area contributed by atoms with Gasteiger partial charge in [-0.2, -0.15) is 0 Å². The molecule has 0 spiro atoms. The SMILES string of the molecule is CC(NCCCN1CCN(C)CC1)c1cccs1. The maximum absolute atomic E-state index is 3.61. The standard InChI is InChI=1S/C14H25N3S/c1-13(14-5-3-12-18-14)15-6-4-7-17-10-8-16(2)9-11-17/h3,5,12-13,15H,4,6-11H2,1-2H3. The molecule has 4 heteroatoms. The first-order valence-corrected chi connectivity index (χ1v) is 7.81. The zero-order valence-corrected chi connectivity index (χ0v) is 12.4. The van der Waals surface area contributed by atoms with Gasteiger partial charge in [-0.05, 0) is 44.9 Å². The van der Waals surface area contributed by atoms with Crippen LogP contribution in [0.2, 0.25) is 0 Å². The minimum atomic E-state index is 0.498. The third-order valence-corrected chi connectivity index (χ3v) is 4.72. The molecule has 1 fully saturated rings. The van der Waals surface area contributed by atoms with Gasteiger partial charge in [0.1, 0.15) is 0 Å². The van der Waals surface area contributed by atoms with Crippen molar-refractivity contribution in [3.05, 3.63) is 22.4 Å². The van der Waals surface area contributed by atoms with E-state index >= 15 is 0 Å². The van der Waals surface area contributed by atoms with Crippen LogP contribution in [0.25, 0.3) is 0 Å². The number of rotatable bonds is 6. The van der Waals surface area contributed by atoms with E-state index in [9.17, 15) is 0 Å². The van der Waals surface area contributed by atoms with E-state index < -0.39 is 0 Å². The molecule has 1 N–H and O–H groups in total. The largest absolute Gasteiger partial charge is 0.309 e. The third kappa shape index (κ3) is 4.35. The van der Waals surface area contributed by atoms with Crippen molar-refractivity contribution in [2.75, 3.05) is 46.3 Å². The summed E-state index contributed by atoms with van der Waals surface area (Å²) >= 11 is 1.84. The summed E-state index contributed by atoms with van der Waals surface area (Å²) in [4.78, 5) is 6.43. The number of hydrogen-bond donors (Lipinski definition) is 1. The quantitative estimate of drug-likeness (QED) is 0.796. The van der Waals surface area contributed by atoms with E-state index in [1.165, 1.54) is 44.0 Å². The van der Waals surface area contributed by atoms with E-state index in [4.69, 9.17) is 0 Å². The lowest BCUT2D eigenvalue weighted by Gasteiger charge is -2.32. The Morgan fingerprint density at radius 1 is 1.33 bits per heavy atom. The molecule has 1 aliphatic heterocycles. The average molecular weight is 267 g/mol. The first kappa shape index (κ1) is 14.0. The number of thiophene rings is 1. The zero-order valence-electron chi connectivity index (χ0n) is 11.6. The Kier molecular flexibility index (Phi) is 5.63. The van der Waals surface area contributed by atoms with Gasteiger partial charge in [0.25, 0.3) is 0 Å². The summed E-state index contributed by atoms with van der Waals surface area (Å²) in [6.45, 7) is 9.51. The number of likely N-dealkylation sites (N-methyl/N-ethyl adjacent to an activating group) is 1. The van der Waals surface area contributed by atoms with Crippen LogP contribution in [-0.4, -0.2) is 56.1 Å². The lowest BCUT2D eigenvalue weighted by atomic mass is 10.2. The molecule has 1 unspecified atom stereocenters. The van der Waals surface area contributed by atoms with Crippen LogP contribution in [0.15, 0.2) is 17.5 Å². The fourth-order valence-electron chi connectivity index (χ4n) is 2.33. The molecule has 0 aliphatic carbocycles. The number of piperazine rings is 1. The second-order valence-corrected chi connectivity index (χ2v) is 6.17. The fourth-order valence-corrected chi connectivity index (χ4v) is 3.09. The molecule has 102 valence electrons. The number of nitrogens with zero attached hydrogens (tertiary/aromatic N) is 2.